The molecule has 1 saturated heterocycles. The molecule has 1 aromatic rings. The van der Waals surface area contributed by atoms with Crippen LogP contribution in [0, 0.1) is 0 Å². The minimum absolute atomic E-state index is 0.0336. The molecule has 1 aliphatic heterocycles. The Bertz CT molecular complexity index is 879. The third-order valence-electron chi connectivity index (χ3n) is 3.84. The lowest BCUT2D eigenvalue weighted by atomic mass is 10.1. The predicted molar refractivity (Wildman–Crippen MR) is 98.5 cm³/mol. The number of carbonyl (C=O) groups is 6. The highest BCUT2D eigenvalue weighted by molar-refractivity contribution is 6.45. The molecule has 6 amide bonds. The van der Waals surface area contributed by atoms with E-state index in [4.69, 9.17) is 0 Å². The van der Waals surface area contributed by atoms with Crippen molar-refractivity contribution in [2.45, 2.75) is 27.2 Å². The molecule has 10 heteroatoms. The van der Waals surface area contributed by atoms with Gasteiger partial charge in [0.1, 0.15) is 0 Å². The van der Waals surface area contributed by atoms with Crippen LogP contribution in [0.15, 0.2) is 18.2 Å². The summed E-state index contributed by atoms with van der Waals surface area (Å²) in [6.07, 6.45) is 0.476. The number of ketones is 1. The molecule has 1 aliphatic rings. The monoisotopic (exact) mass is 388 g/mol. The highest BCUT2D eigenvalue weighted by Crippen LogP contribution is 2.23. The molecule has 0 saturated carbocycles. The Kier molecular flexibility index (Phi) is 6.24. The van der Waals surface area contributed by atoms with Gasteiger partial charge in [0, 0.05) is 31.6 Å². The molecule has 2 N–H and O–H groups in total. The molecule has 0 aromatic heterocycles. The van der Waals surface area contributed by atoms with E-state index in [1.165, 1.54) is 32.0 Å². The summed E-state index contributed by atoms with van der Waals surface area (Å²) in [5, 5.41) is 5.00. The maximum Gasteiger partial charge on any atom is 0.334 e. The van der Waals surface area contributed by atoms with Gasteiger partial charge in [-0.25, -0.2) is 9.69 Å². The first-order chi connectivity index (χ1) is 13.1. The molecule has 148 valence electrons. The number of nitrogens with zero attached hydrogens (tertiary/aromatic N) is 2. The molecule has 1 fully saturated rings. The van der Waals surface area contributed by atoms with Gasteiger partial charge in [0.25, 0.3) is 0 Å². The van der Waals surface area contributed by atoms with E-state index in [1.807, 2.05) is 0 Å². The van der Waals surface area contributed by atoms with Crippen LogP contribution in [0.25, 0.3) is 0 Å². The van der Waals surface area contributed by atoms with E-state index in [1.54, 1.807) is 6.92 Å². The van der Waals surface area contributed by atoms with Crippen LogP contribution in [0.5, 0.6) is 0 Å². The van der Waals surface area contributed by atoms with Gasteiger partial charge in [0.15, 0.2) is 5.78 Å². The van der Waals surface area contributed by atoms with Gasteiger partial charge in [0.2, 0.25) is 11.8 Å². The van der Waals surface area contributed by atoms with E-state index in [9.17, 15) is 28.8 Å². The molecule has 0 radical (unpaired) electrons. The van der Waals surface area contributed by atoms with Crippen molar-refractivity contribution in [2.75, 3.05) is 23.7 Å². The smallest absolute Gasteiger partial charge is 0.326 e. The summed E-state index contributed by atoms with van der Waals surface area (Å²) in [5.41, 5.74) is 0.497. The average molecular weight is 388 g/mol. The quantitative estimate of drug-likeness (QED) is 0.406. The average Bonchev–Trinajstić information content (AvgIpc) is 2.79. The first-order valence-corrected chi connectivity index (χ1v) is 8.55. The number of Topliss-reactive ketones (excluding diaryl/α,β-unsaturated/α-hetero) is 1. The number of anilines is 2. The van der Waals surface area contributed by atoms with Gasteiger partial charge >= 0.3 is 17.8 Å². The number of hydrogen-bond acceptors (Lipinski definition) is 6. The zero-order valence-electron chi connectivity index (χ0n) is 15.7. The van der Waals surface area contributed by atoms with Crippen LogP contribution in [0.4, 0.5) is 16.2 Å². The number of amides is 6. The van der Waals surface area contributed by atoms with Crippen molar-refractivity contribution in [1.29, 1.82) is 0 Å². The molecular weight excluding hydrogens is 368 g/mol. The Balaban J connectivity index is 2.29. The van der Waals surface area contributed by atoms with Gasteiger partial charge in [0.05, 0.1) is 12.2 Å². The van der Waals surface area contributed by atoms with E-state index in [0.29, 0.717) is 17.0 Å². The summed E-state index contributed by atoms with van der Waals surface area (Å²) in [5.74, 6) is -3.47. The molecule has 0 bridgehead atoms. The summed E-state index contributed by atoms with van der Waals surface area (Å²) >= 11 is 0. The van der Waals surface area contributed by atoms with E-state index in [0.717, 1.165) is 4.90 Å². The second-order valence-electron chi connectivity index (χ2n) is 6.18. The Hall–Kier alpha value is -3.56. The fourth-order valence-corrected chi connectivity index (χ4v) is 2.70. The van der Waals surface area contributed by atoms with Crippen LogP contribution in [0.1, 0.15) is 37.6 Å². The number of carbonyl (C=O) groups excluding carboxylic acids is 6. The molecule has 1 aromatic carbocycles. The second kappa shape index (κ2) is 8.42. The fourth-order valence-electron chi connectivity index (χ4n) is 2.70. The van der Waals surface area contributed by atoms with Crippen molar-refractivity contribution < 1.29 is 28.8 Å². The Morgan fingerprint density at radius 2 is 1.54 bits per heavy atom. The zero-order valence-corrected chi connectivity index (χ0v) is 15.7. The van der Waals surface area contributed by atoms with Gasteiger partial charge in [-0.1, -0.05) is 6.92 Å². The van der Waals surface area contributed by atoms with Gasteiger partial charge in [-0.2, -0.15) is 0 Å². The number of imide groups is 2. The van der Waals surface area contributed by atoms with E-state index in [2.05, 4.69) is 10.6 Å². The number of nitrogens with one attached hydrogen (secondary N) is 2. The third kappa shape index (κ3) is 4.40. The first kappa shape index (κ1) is 20.7. The van der Waals surface area contributed by atoms with Crippen molar-refractivity contribution in [3.8, 4) is 0 Å². The van der Waals surface area contributed by atoms with Crippen LogP contribution in [0.3, 0.4) is 0 Å². The van der Waals surface area contributed by atoms with Gasteiger partial charge in [-0.3, -0.25) is 28.9 Å². The van der Waals surface area contributed by atoms with E-state index >= 15 is 0 Å². The summed E-state index contributed by atoms with van der Waals surface area (Å²) < 4.78 is 0. The molecular formula is C18H20N4O6. The molecule has 0 spiro atoms. The van der Waals surface area contributed by atoms with Gasteiger partial charge in [-0.05, 0) is 24.6 Å². The minimum atomic E-state index is -1.07. The highest BCUT2D eigenvalue weighted by Gasteiger charge is 2.44. The third-order valence-corrected chi connectivity index (χ3v) is 3.84. The first-order valence-electron chi connectivity index (χ1n) is 8.55. The van der Waals surface area contributed by atoms with Crippen molar-refractivity contribution in [3.63, 3.8) is 0 Å². The Morgan fingerprint density at radius 3 is 2.11 bits per heavy atom. The fraction of sp³-hybridized carbons (Fsp3) is 0.333. The molecule has 10 nitrogen and oxygen atoms in total. The lowest BCUT2D eigenvalue weighted by molar-refractivity contribution is -0.143. The van der Waals surface area contributed by atoms with Crippen LogP contribution in [-0.4, -0.2) is 58.3 Å². The van der Waals surface area contributed by atoms with E-state index in [-0.39, 0.29) is 23.7 Å². The lowest BCUT2D eigenvalue weighted by Gasteiger charge is -2.16. The number of urea groups is 1. The largest absolute Gasteiger partial charge is 0.334 e. The number of hydrogen-bond donors (Lipinski definition) is 2. The van der Waals surface area contributed by atoms with Crippen molar-refractivity contribution in [3.05, 3.63) is 23.8 Å². The molecule has 0 unspecified atom stereocenters. The molecule has 1 heterocycles. The maximum absolute atomic E-state index is 12.7. The van der Waals surface area contributed by atoms with Gasteiger partial charge < -0.3 is 10.6 Å². The zero-order chi connectivity index (χ0) is 21.0. The van der Waals surface area contributed by atoms with Crippen LogP contribution in [-0.2, 0) is 19.2 Å². The van der Waals surface area contributed by atoms with Crippen LogP contribution < -0.4 is 10.6 Å². The van der Waals surface area contributed by atoms with Crippen molar-refractivity contribution in [1.82, 2.24) is 9.80 Å². The molecule has 28 heavy (non-hydrogen) atoms. The predicted octanol–water partition coefficient (Wildman–Crippen LogP) is 0.987. The summed E-state index contributed by atoms with van der Waals surface area (Å²) in [7, 11) is 0. The number of rotatable bonds is 7. The summed E-state index contributed by atoms with van der Waals surface area (Å²) in [6.45, 7) is 3.73. The minimum Gasteiger partial charge on any atom is -0.326 e. The van der Waals surface area contributed by atoms with Crippen molar-refractivity contribution in [2.24, 2.45) is 0 Å². The van der Waals surface area contributed by atoms with Gasteiger partial charge in [-0.15, -0.1) is 0 Å². The molecule has 0 atom stereocenters. The van der Waals surface area contributed by atoms with Crippen molar-refractivity contribution >= 4 is 46.8 Å². The maximum atomic E-state index is 12.7. The highest BCUT2D eigenvalue weighted by atomic mass is 16.2. The SMILES string of the molecule is CCCN1C(=O)C(=O)N(CC(=O)c2ccc(NC(C)=O)cc2NC(C)=O)C1=O. The number of benzene rings is 1. The topological polar surface area (TPSA) is 133 Å². The van der Waals surface area contributed by atoms with Crippen LogP contribution >= 0.6 is 0 Å². The summed E-state index contributed by atoms with van der Waals surface area (Å²) in [4.78, 5) is 72.9. The Morgan fingerprint density at radius 1 is 0.929 bits per heavy atom. The standard InChI is InChI=1S/C18H20N4O6/c1-4-7-21-16(26)17(27)22(18(21)28)9-15(25)13-6-5-12(19-10(2)23)8-14(13)20-11(3)24/h5-6,8H,4,7,9H2,1-3H3,(H,19,23)(H,20,24). The lowest BCUT2D eigenvalue weighted by Crippen LogP contribution is -2.37. The second-order valence-corrected chi connectivity index (χ2v) is 6.18. The normalized spacial score (nSPS) is 13.8. The molecule has 2 rings (SSSR count). The van der Waals surface area contributed by atoms with Crippen LogP contribution in [0.2, 0.25) is 0 Å². The van der Waals surface area contributed by atoms with E-state index < -0.39 is 36.1 Å². The summed E-state index contributed by atoms with van der Waals surface area (Å²) in [6, 6.07) is 3.34. The Labute approximate surface area is 160 Å². The molecule has 0 aliphatic carbocycles.